The van der Waals surface area contributed by atoms with Crippen LogP contribution < -0.4 is 4.74 Å². The first-order chi connectivity index (χ1) is 14.9. The van der Waals surface area contributed by atoms with Gasteiger partial charge in [-0.2, -0.15) is 0 Å². The van der Waals surface area contributed by atoms with Gasteiger partial charge in [-0.1, -0.05) is 41.6 Å². The number of ether oxygens (including phenoxy) is 1. The Labute approximate surface area is 185 Å². The van der Waals surface area contributed by atoms with Crippen molar-refractivity contribution in [2.45, 2.75) is 29.4 Å². The van der Waals surface area contributed by atoms with Crippen LogP contribution in [0.3, 0.4) is 0 Å². The molecule has 1 unspecified atom stereocenters. The molecule has 1 saturated heterocycles. The van der Waals surface area contributed by atoms with Gasteiger partial charge >= 0.3 is 6.03 Å². The molecular weight excluding hydrogens is 410 g/mol. The van der Waals surface area contributed by atoms with Crippen molar-refractivity contribution in [1.29, 1.82) is 0 Å². The Kier molecular flexibility index (Phi) is 5.95. The van der Waals surface area contributed by atoms with Crippen LogP contribution in [-0.4, -0.2) is 40.8 Å². The van der Waals surface area contributed by atoms with E-state index in [9.17, 15) is 9.59 Å². The van der Waals surface area contributed by atoms with Gasteiger partial charge in [0.1, 0.15) is 18.4 Å². The molecule has 0 saturated carbocycles. The molecule has 158 valence electrons. The number of benzene rings is 2. The van der Waals surface area contributed by atoms with E-state index in [2.05, 4.69) is 24.0 Å². The minimum atomic E-state index is -0.661. The maximum atomic E-state index is 12.6. The minimum Gasteiger partial charge on any atom is -0.489 e. The van der Waals surface area contributed by atoms with Crippen LogP contribution in [0.4, 0.5) is 4.79 Å². The number of hydrogen-bond acceptors (Lipinski definition) is 5. The van der Waals surface area contributed by atoms with Gasteiger partial charge in [-0.3, -0.25) is 14.7 Å². The lowest BCUT2D eigenvalue weighted by atomic mass is 10.1. The molecule has 31 heavy (non-hydrogen) atoms. The van der Waals surface area contributed by atoms with Crippen molar-refractivity contribution in [1.82, 2.24) is 14.8 Å². The lowest BCUT2D eigenvalue weighted by Crippen LogP contribution is -2.27. The van der Waals surface area contributed by atoms with Gasteiger partial charge in [0.15, 0.2) is 0 Å². The van der Waals surface area contributed by atoms with Gasteiger partial charge in [-0.05, 0) is 42.8 Å². The van der Waals surface area contributed by atoms with Crippen molar-refractivity contribution in [3.05, 3.63) is 83.7 Å². The molecular formula is C24H23N3O3S. The third-order valence-corrected chi connectivity index (χ3v) is 6.28. The van der Waals surface area contributed by atoms with Crippen LogP contribution in [-0.2, 0) is 11.4 Å². The number of hydrogen-bond donors (Lipinski definition) is 0. The number of aromatic nitrogens is 1. The molecule has 2 aromatic carbocycles. The van der Waals surface area contributed by atoms with E-state index in [1.54, 1.807) is 19.4 Å². The summed E-state index contributed by atoms with van der Waals surface area (Å²) in [5, 5.41) is 0. The molecule has 1 aromatic heterocycles. The van der Waals surface area contributed by atoms with E-state index in [-0.39, 0.29) is 11.9 Å². The van der Waals surface area contributed by atoms with Crippen LogP contribution in [0.1, 0.15) is 22.7 Å². The van der Waals surface area contributed by atoms with Gasteiger partial charge in [0.05, 0.1) is 0 Å². The summed E-state index contributed by atoms with van der Waals surface area (Å²) in [7, 11) is 3.13. The predicted octanol–water partition coefficient (Wildman–Crippen LogP) is 4.69. The summed E-state index contributed by atoms with van der Waals surface area (Å²) < 4.78 is 5.90. The van der Waals surface area contributed by atoms with E-state index in [1.165, 1.54) is 29.3 Å². The zero-order chi connectivity index (χ0) is 22.0. The molecule has 4 rings (SSSR count). The molecule has 1 aliphatic rings. The monoisotopic (exact) mass is 433 g/mol. The molecule has 1 atom stereocenters. The fourth-order valence-corrected chi connectivity index (χ4v) is 4.46. The van der Waals surface area contributed by atoms with Crippen molar-refractivity contribution in [2.24, 2.45) is 0 Å². The number of amides is 3. The number of aryl methyl sites for hydroxylation is 1. The molecule has 0 bridgehead atoms. The van der Waals surface area contributed by atoms with Crippen LogP contribution in [0.2, 0.25) is 0 Å². The van der Waals surface area contributed by atoms with E-state index in [0.29, 0.717) is 6.61 Å². The third-order valence-electron chi connectivity index (χ3n) is 5.18. The second kappa shape index (κ2) is 8.81. The fourth-order valence-electron chi connectivity index (χ4n) is 3.52. The Hall–Kier alpha value is -3.32. The predicted molar refractivity (Wildman–Crippen MR) is 119 cm³/mol. The summed E-state index contributed by atoms with van der Waals surface area (Å²) in [5.41, 5.74) is 3.06. The summed E-state index contributed by atoms with van der Waals surface area (Å²) in [4.78, 5) is 33.4. The SMILES string of the molecule is Cc1cccc(COc2ccc(Sc3ccncc3C3C(=O)N(C)C(=O)N3C)cc2)c1. The van der Waals surface area contributed by atoms with E-state index in [4.69, 9.17) is 4.74 Å². The summed E-state index contributed by atoms with van der Waals surface area (Å²) in [6, 6.07) is 17.0. The van der Waals surface area contributed by atoms with Crippen molar-refractivity contribution >= 4 is 23.7 Å². The maximum Gasteiger partial charge on any atom is 0.327 e. The second-order valence-corrected chi connectivity index (χ2v) is 8.57. The largest absolute Gasteiger partial charge is 0.489 e. The topological polar surface area (TPSA) is 62.7 Å². The lowest BCUT2D eigenvalue weighted by Gasteiger charge is -2.19. The zero-order valence-electron chi connectivity index (χ0n) is 17.6. The normalized spacial score (nSPS) is 16.2. The van der Waals surface area contributed by atoms with Gasteiger partial charge < -0.3 is 9.64 Å². The molecule has 2 heterocycles. The average Bonchev–Trinajstić information content (AvgIpc) is 2.96. The fraction of sp³-hybridized carbons (Fsp3) is 0.208. The van der Waals surface area contributed by atoms with Crippen LogP contribution in [0.15, 0.2) is 76.8 Å². The smallest absolute Gasteiger partial charge is 0.327 e. The highest BCUT2D eigenvalue weighted by atomic mass is 32.2. The van der Waals surface area contributed by atoms with Crippen molar-refractivity contribution < 1.29 is 14.3 Å². The number of nitrogens with zero attached hydrogens (tertiary/aromatic N) is 3. The Balaban J connectivity index is 1.48. The van der Waals surface area contributed by atoms with E-state index in [1.807, 2.05) is 42.5 Å². The van der Waals surface area contributed by atoms with E-state index >= 15 is 0 Å². The zero-order valence-corrected chi connectivity index (χ0v) is 18.4. The Bertz CT molecular complexity index is 1120. The van der Waals surface area contributed by atoms with Gasteiger partial charge in [0, 0.05) is 41.8 Å². The number of urea groups is 1. The van der Waals surface area contributed by atoms with Gasteiger partial charge in [0.2, 0.25) is 0 Å². The summed E-state index contributed by atoms with van der Waals surface area (Å²) >= 11 is 1.53. The highest BCUT2D eigenvalue weighted by Crippen LogP contribution is 2.38. The lowest BCUT2D eigenvalue weighted by molar-refractivity contribution is -0.127. The van der Waals surface area contributed by atoms with Crippen molar-refractivity contribution in [3.8, 4) is 5.75 Å². The summed E-state index contributed by atoms with van der Waals surface area (Å²) in [6.07, 6.45) is 3.35. The highest BCUT2D eigenvalue weighted by molar-refractivity contribution is 7.99. The second-order valence-electron chi connectivity index (χ2n) is 7.46. The third kappa shape index (κ3) is 4.41. The maximum absolute atomic E-state index is 12.6. The standard InChI is InChI=1S/C24H23N3O3S/c1-16-5-4-6-17(13-16)15-30-18-7-9-19(10-8-18)31-21-11-12-25-14-20(21)22-23(28)27(3)24(29)26(22)2/h4-14,22H,15H2,1-3H3. The van der Waals surface area contributed by atoms with E-state index in [0.717, 1.165) is 31.6 Å². The van der Waals surface area contributed by atoms with Crippen LogP contribution in [0.25, 0.3) is 0 Å². The van der Waals surface area contributed by atoms with Gasteiger partial charge in [-0.15, -0.1) is 0 Å². The number of carbonyl (C=O) groups is 2. The first kappa shape index (κ1) is 20.9. The molecule has 6 nitrogen and oxygen atoms in total. The molecule has 0 aliphatic carbocycles. The highest BCUT2D eigenvalue weighted by Gasteiger charge is 2.42. The molecule has 1 fully saturated rings. The van der Waals surface area contributed by atoms with Crippen LogP contribution in [0, 0.1) is 6.92 Å². The average molecular weight is 434 g/mol. The summed E-state index contributed by atoms with van der Waals surface area (Å²) in [5.74, 6) is 0.543. The number of likely N-dealkylation sites (N-methyl/N-ethyl adjacent to an activating group) is 2. The Morgan fingerprint density at radius 3 is 2.52 bits per heavy atom. The van der Waals surface area contributed by atoms with E-state index < -0.39 is 6.04 Å². The quantitative estimate of drug-likeness (QED) is 0.528. The number of pyridine rings is 1. The van der Waals surface area contributed by atoms with Crippen LogP contribution >= 0.6 is 11.8 Å². The Morgan fingerprint density at radius 1 is 1.06 bits per heavy atom. The molecule has 0 radical (unpaired) electrons. The number of carbonyl (C=O) groups excluding carboxylic acids is 2. The van der Waals surface area contributed by atoms with Crippen molar-refractivity contribution in [3.63, 3.8) is 0 Å². The first-order valence-corrected chi connectivity index (χ1v) is 10.7. The molecule has 0 N–H and O–H groups in total. The molecule has 1 aliphatic heterocycles. The molecule has 3 aromatic rings. The molecule has 7 heteroatoms. The van der Waals surface area contributed by atoms with Gasteiger partial charge in [0.25, 0.3) is 5.91 Å². The van der Waals surface area contributed by atoms with Crippen molar-refractivity contribution in [2.75, 3.05) is 14.1 Å². The Morgan fingerprint density at radius 2 is 1.84 bits per heavy atom. The molecule has 3 amide bonds. The first-order valence-electron chi connectivity index (χ1n) is 9.88. The summed E-state index contributed by atoms with van der Waals surface area (Å²) in [6.45, 7) is 2.58. The number of imide groups is 1. The number of rotatable bonds is 6. The molecule has 0 spiro atoms. The minimum absolute atomic E-state index is 0.248. The van der Waals surface area contributed by atoms with Crippen LogP contribution in [0.5, 0.6) is 5.75 Å². The van der Waals surface area contributed by atoms with Gasteiger partial charge in [-0.25, -0.2) is 4.79 Å².